The minimum atomic E-state index is -0.631. The van der Waals surface area contributed by atoms with Gasteiger partial charge >= 0.3 is 5.97 Å². The number of Topliss-reactive ketones (excluding diaryl/α,β-unsaturated/α-hetero) is 1. The van der Waals surface area contributed by atoms with E-state index >= 15 is 0 Å². The van der Waals surface area contributed by atoms with E-state index in [-0.39, 0.29) is 17.6 Å². The van der Waals surface area contributed by atoms with Crippen LogP contribution in [0.2, 0.25) is 0 Å². The van der Waals surface area contributed by atoms with E-state index in [1.165, 1.54) is 7.11 Å². The van der Waals surface area contributed by atoms with Crippen molar-refractivity contribution in [3.05, 3.63) is 22.5 Å². The minimum absolute atomic E-state index is 0.0496. The van der Waals surface area contributed by atoms with Crippen LogP contribution < -0.4 is 0 Å². The summed E-state index contributed by atoms with van der Waals surface area (Å²) in [6.07, 6.45) is 1.03. The number of carbonyl (C=O) groups is 3. The average molecular weight is 395 g/mol. The molecule has 0 fully saturated rings. The summed E-state index contributed by atoms with van der Waals surface area (Å²) in [4.78, 5) is 39.9. The zero-order valence-electron chi connectivity index (χ0n) is 18.4. The quantitative estimate of drug-likeness (QED) is 0.346. The Bertz CT molecular complexity index is 721. The second kappa shape index (κ2) is 10.4. The normalized spacial score (nSPS) is 12.2. The predicted molar refractivity (Wildman–Crippen MR) is 108 cm³/mol. The standard InChI is InChI=1S/C21H34N2O5/c1-13(2)12-17(24)23(10-9-11-27-7)16(5)20(25)18-14(3)19(21(26)28-8)22(6)15(18)4/h13,16H,9-12H2,1-8H3. The van der Waals surface area contributed by atoms with Crippen molar-refractivity contribution in [1.82, 2.24) is 9.47 Å². The Kier molecular flexibility index (Phi) is 8.88. The summed E-state index contributed by atoms with van der Waals surface area (Å²) >= 11 is 0. The SMILES string of the molecule is COCCCN(C(=O)CC(C)C)C(C)C(=O)c1c(C)c(C(=O)OC)n(C)c1C. The van der Waals surface area contributed by atoms with Gasteiger partial charge in [0.25, 0.3) is 0 Å². The summed E-state index contributed by atoms with van der Waals surface area (Å²) in [5.74, 6) is -0.504. The number of hydrogen-bond donors (Lipinski definition) is 0. The van der Waals surface area contributed by atoms with Crippen molar-refractivity contribution in [1.29, 1.82) is 0 Å². The number of aromatic nitrogens is 1. The van der Waals surface area contributed by atoms with Gasteiger partial charge < -0.3 is 18.9 Å². The van der Waals surface area contributed by atoms with E-state index in [1.54, 1.807) is 44.4 Å². The first-order valence-corrected chi connectivity index (χ1v) is 9.65. The number of rotatable bonds is 10. The third-order valence-corrected chi connectivity index (χ3v) is 5.05. The molecule has 1 unspecified atom stereocenters. The molecule has 0 saturated carbocycles. The number of esters is 1. The average Bonchev–Trinajstić information content (AvgIpc) is 2.85. The molecule has 0 aliphatic carbocycles. The molecule has 1 heterocycles. The second-order valence-electron chi connectivity index (χ2n) is 7.56. The topological polar surface area (TPSA) is 77.8 Å². The van der Waals surface area contributed by atoms with Crippen LogP contribution in [0.3, 0.4) is 0 Å². The van der Waals surface area contributed by atoms with E-state index in [2.05, 4.69) is 0 Å². The zero-order valence-corrected chi connectivity index (χ0v) is 18.4. The number of amides is 1. The zero-order chi connectivity index (χ0) is 21.6. The van der Waals surface area contributed by atoms with Gasteiger partial charge in [-0.25, -0.2) is 4.79 Å². The third kappa shape index (κ3) is 5.22. The molecule has 0 aliphatic rings. The van der Waals surface area contributed by atoms with Crippen LogP contribution in [-0.4, -0.2) is 60.5 Å². The van der Waals surface area contributed by atoms with Crippen LogP contribution in [0.5, 0.6) is 0 Å². The van der Waals surface area contributed by atoms with Crippen LogP contribution >= 0.6 is 0 Å². The van der Waals surface area contributed by atoms with E-state index in [0.717, 1.165) is 0 Å². The van der Waals surface area contributed by atoms with Crippen LogP contribution in [0, 0.1) is 19.8 Å². The summed E-state index contributed by atoms with van der Waals surface area (Å²) in [6, 6.07) is -0.631. The summed E-state index contributed by atoms with van der Waals surface area (Å²) in [7, 11) is 4.66. The third-order valence-electron chi connectivity index (χ3n) is 5.05. The Morgan fingerprint density at radius 1 is 1.11 bits per heavy atom. The van der Waals surface area contributed by atoms with Gasteiger partial charge in [-0.1, -0.05) is 13.8 Å². The summed E-state index contributed by atoms with van der Waals surface area (Å²) in [5.41, 5.74) is 2.10. The van der Waals surface area contributed by atoms with Gasteiger partial charge in [0, 0.05) is 45.0 Å². The molecule has 7 nitrogen and oxygen atoms in total. The van der Waals surface area contributed by atoms with Crippen molar-refractivity contribution in [2.45, 2.75) is 53.5 Å². The van der Waals surface area contributed by atoms with Crippen molar-refractivity contribution in [3.8, 4) is 0 Å². The highest BCUT2D eigenvalue weighted by molar-refractivity contribution is 6.06. The fourth-order valence-electron chi connectivity index (χ4n) is 3.46. The highest BCUT2D eigenvalue weighted by Gasteiger charge is 2.32. The molecule has 0 N–H and O–H groups in total. The predicted octanol–water partition coefficient (Wildman–Crippen LogP) is 2.91. The lowest BCUT2D eigenvalue weighted by Gasteiger charge is -2.29. The van der Waals surface area contributed by atoms with Crippen molar-refractivity contribution >= 4 is 17.7 Å². The number of ketones is 1. The van der Waals surface area contributed by atoms with Crippen molar-refractivity contribution in [3.63, 3.8) is 0 Å². The lowest BCUT2D eigenvalue weighted by molar-refractivity contribution is -0.133. The highest BCUT2D eigenvalue weighted by Crippen LogP contribution is 2.25. The van der Waals surface area contributed by atoms with E-state index in [9.17, 15) is 14.4 Å². The lowest BCUT2D eigenvalue weighted by Crippen LogP contribution is -2.44. The van der Waals surface area contributed by atoms with Gasteiger partial charge in [-0.2, -0.15) is 0 Å². The molecule has 1 aromatic heterocycles. The first kappa shape index (κ1) is 23.9. The Morgan fingerprint density at radius 3 is 2.21 bits per heavy atom. The fraction of sp³-hybridized carbons (Fsp3) is 0.667. The maximum absolute atomic E-state index is 13.3. The van der Waals surface area contributed by atoms with Crippen LogP contribution in [0.25, 0.3) is 0 Å². The van der Waals surface area contributed by atoms with Gasteiger partial charge in [0.1, 0.15) is 5.69 Å². The Labute approximate surface area is 168 Å². The molecule has 0 aromatic carbocycles. The molecule has 1 atom stereocenters. The van der Waals surface area contributed by atoms with Gasteiger partial charge in [-0.15, -0.1) is 0 Å². The summed E-state index contributed by atoms with van der Waals surface area (Å²) in [5, 5.41) is 0. The number of methoxy groups -OCH3 is 2. The Morgan fingerprint density at radius 2 is 1.71 bits per heavy atom. The Balaban J connectivity index is 3.25. The van der Waals surface area contributed by atoms with Gasteiger partial charge in [0.15, 0.2) is 5.78 Å². The molecular weight excluding hydrogens is 360 g/mol. The van der Waals surface area contributed by atoms with Crippen LogP contribution in [0.15, 0.2) is 0 Å². The molecule has 158 valence electrons. The number of carbonyl (C=O) groups excluding carboxylic acids is 3. The Hall–Kier alpha value is -2.15. The summed E-state index contributed by atoms with van der Waals surface area (Å²) < 4.78 is 11.6. The molecule has 28 heavy (non-hydrogen) atoms. The molecule has 0 saturated heterocycles. The first-order chi connectivity index (χ1) is 13.1. The molecule has 0 spiro atoms. The second-order valence-corrected chi connectivity index (χ2v) is 7.56. The number of ether oxygens (including phenoxy) is 2. The van der Waals surface area contributed by atoms with Crippen molar-refractivity contribution in [2.75, 3.05) is 27.4 Å². The molecular formula is C21H34N2O5. The van der Waals surface area contributed by atoms with Crippen LogP contribution in [0.4, 0.5) is 0 Å². The number of hydrogen-bond acceptors (Lipinski definition) is 5. The maximum atomic E-state index is 13.3. The molecule has 0 aliphatic heterocycles. The fourth-order valence-corrected chi connectivity index (χ4v) is 3.46. The highest BCUT2D eigenvalue weighted by atomic mass is 16.5. The molecule has 1 aromatic rings. The molecule has 0 bridgehead atoms. The molecule has 7 heteroatoms. The smallest absolute Gasteiger partial charge is 0.354 e. The van der Waals surface area contributed by atoms with E-state index in [0.29, 0.717) is 48.5 Å². The number of nitrogens with zero attached hydrogens (tertiary/aromatic N) is 2. The van der Waals surface area contributed by atoms with E-state index in [1.807, 2.05) is 13.8 Å². The van der Waals surface area contributed by atoms with Gasteiger partial charge in [-0.05, 0) is 38.7 Å². The van der Waals surface area contributed by atoms with Crippen molar-refractivity contribution in [2.24, 2.45) is 13.0 Å². The van der Waals surface area contributed by atoms with Crippen LogP contribution in [0.1, 0.15) is 65.7 Å². The summed E-state index contributed by atoms with van der Waals surface area (Å²) in [6.45, 7) is 10.2. The minimum Gasteiger partial charge on any atom is -0.464 e. The van der Waals surface area contributed by atoms with Gasteiger partial charge in [0.05, 0.1) is 13.2 Å². The van der Waals surface area contributed by atoms with E-state index in [4.69, 9.17) is 9.47 Å². The van der Waals surface area contributed by atoms with Crippen molar-refractivity contribution < 1.29 is 23.9 Å². The molecule has 1 amide bonds. The lowest BCUT2D eigenvalue weighted by atomic mass is 9.99. The first-order valence-electron chi connectivity index (χ1n) is 9.65. The monoisotopic (exact) mass is 394 g/mol. The van der Waals surface area contributed by atoms with Gasteiger partial charge in [-0.3, -0.25) is 9.59 Å². The van der Waals surface area contributed by atoms with Crippen LogP contribution in [-0.2, 0) is 21.3 Å². The van der Waals surface area contributed by atoms with E-state index < -0.39 is 12.0 Å². The molecule has 1 rings (SSSR count). The molecule has 0 radical (unpaired) electrons. The largest absolute Gasteiger partial charge is 0.464 e. The van der Waals surface area contributed by atoms with Gasteiger partial charge in [0.2, 0.25) is 5.91 Å². The maximum Gasteiger partial charge on any atom is 0.354 e.